The molecule has 0 atom stereocenters. The number of carbonyl (C=O) groups is 1. The van der Waals surface area contributed by atoms with Gasteiger partial charge in [-0.1, -0.05) is 6.92 Å². The zero-order chi connectivity index (χ0) is 28.2. The van der Waals surface area contributed by atoms with Gasteiger partial charge in [0.05, 0.1) is 0 Å². The van der Waals surface area contributed by atoms with E-state index in [-0.39, 0.29) is 24.9 Å². The molecule has 212 valence electrons. The highest BCUT2D eigenvalue weighted by atomic mass is 19.4. The fourth-order valence-electron chi connectivity index (χ4n) is 4.43. The zero-order valence-electron chi connectivity index (χ0n) is 22.8. The topological polar surface area (TPSA) is 85.9 Å². The molecular weight excluding hydrogens is 511 g/mol. The van der Waals surface area contributed by atoms with Crippen molar-refractivity contribution in [1.29, 1.82) is 0 Å². The number of carbonyl (C=O) groups excluding carboxylic acids is 1. The number of ether oxygens (including phenoxy) is 1. The summed E-state index contributed by atoms with van der Waals surface area (Å²) in [6.45, 7) is 9.89. The molecule has 2 N–H and O–H groups in total. The molecule has 1 aromatic heterocycles. The van der Waals surface area contributed by atoms with Crippen LogP contribution in [-0.4, -0.2) is 77.8 Å². The minimum absolute atomic E-state index is 0.0670. The number of alkyl halides is 3. The average Bonchev–Trinajstić information content (AvgIpc) is 2.87. The van der Waals surface area contributed by atoms with Gasteiger partial charge in [-0.15, -0.1) is 0 Å². The monoisotopic (exact) mass is 547 g/mol. The second-order valence-electron chi connectivity index (χ2n) is 10.3. The first-order valence-electron chi connectivity index (χ1n) is 13.2. The van der Waals surface area contributed by atoms with Crippen LogP contribution in [0, 0.1) is 0 Å². The molecule has 1 amide bonds. The second kappa shape index (κ2) is 11.7. The molecule has 39 heavy (non-hydrogen) atoms. The Morgan fingerprint density at radius 2 is 1.90 bits per heavy atom. The van der Waals surface area contributed by atoms with Gasteiger partial charge >= 0.3 is 12.3 Å². The summed E-state index contributed by atoms with van der Waals surface area (Å²) < 4.78 is 46.3. The van der Waals surface area contributed by atoms with E-state index in [9.17, 15) is 18.0 Å². The minimum Gasteiger partial charge on any atom is -0.439 e. The Hall–Kier alpha value is -3.54. The molecular formula is C27H36F3N7O2. The van der Waals surface area contributed by atoms with E-state index in [1.807, 2.05) is 19.1 Å². The Morgan fingerprint density at radius 3 is 2.56 bits per heavy atom. The Morgan fingerprint density at radius 1 is 1.15 bits per heavy atom. The number of cyclic esters (lactones) is 1. The molecule has 1 saturated heterocycles. The van der Waals surface area contributed by atoms with Crippen LogP contribution < -0.4 is 15.5 Å². The molecule has 4 rings (SSSR count). The number of nitrogens with one attached hydrogen (secondary N) is 2. The Bertz CT molecular complexity index is 1190. The number of aryl methyl sites for hydroxylation is 1. The number of hydrogen-bond donors (Lipinski definition) is 2. The Balaban J connectivity index is 1.44. The van der Waals surface area contributed by atoms with Crippen molar-refractivity contribution in [3.63, 3.8) is 0 Å². The summed E-state index contributed by atoms with van der Waals surface area (Å²) in [7, 11) is 2.11. The predicted molar refractivity (Wildman–Crippen MR) is 145 cm³/mol. The average molecular weight is 548 g/mol. The molecule has 9 nitrogen and oxygen atoms in total. The lowest BCUT2D eigenvalue weighted by Crippen LogP contribution is -2.44. The highest BCUT2D eigenvalue weighted by Crippen LogP contribution is 2.34. The van der Waals surface area contributed by atoms with Crippen molar-refractivity contribution >= 4 is 29.2 Å². The van der Waals surface area contributed by atoms with Crippen molar-refractivity contribution < 1.29 is 22.7 Å². The first kappa shape index (κ1) is 28.5. The van der Waals surface area contributed by atoms with Crippen molar-refractivity contribution in [3.8, 4) is 0 Å². The Kier molecular flexibility index (Phi) is 8.53. The summed E-state index contributed by atoms with van der Waals surface area (Å²) in [6, 6.07) is 6.04. The van der Waals surface area contributed by atoms with Crippen LogP contribution in [0.4, 0.5) is 41.1 Å². The molecule has 1 aromatic carbocycles. The van der Waals surface area contributed by atoms with Gasteiger partial charge in [0.25, 0.3) is 0 Å². The molecule has 2 aliphatic heterocycles. The van der Waals surface area contributed by atoms with E-state index in [0.29, 0.717) is 6.42 Å². The van der Waals surface area contributed by atoms with Crippen molar-refractivity contribution in [2.24, 2.45) is 0 Å². The van der Waals surface area contributed by atoms with Crippen LogP contribution in [-0.2, 0) is 17.3 Å². The van der Waals surface area contributed by atoms with Crippen LogP contribution in [0.3, 0.4) is 0 Å². The van der Waals surface area contributed by atoms with Crippen molar-refractivity contribution in [2.75, 3.05) is 61.8 Å². The molecule has 1 fully saturated rings. The van der Waals surface area contributed by atoms with Crippen molar-refractivity contribution in [3.05, 3.63) is 47.8 Å². The third-order valence-corrected chi connectivity index (χ3v) is 6.79. The van der Waals surface area contributed by atoms with E-state index < -0.39 is 23.4 Å². The van der Waals surface area contributed by atoms with E-state index in [1.54, 1.807) is 26.1 Å². The lowest BCUT2D eigenvalue weighted by atomic mass is 10.1. The number of aromatic nitrogens is 2. The van der Waals surface area contributed by atoms with Gasteiger partial charge < -0.3 is 25.2 Å². The maximum absolute atomic E-state index is 13.7. The van der Waals surface area contributed by atoms with E-state index >= 15 is 0 Å². The van der Waals surface area contributed by atoms with Gasteiger partial charge in [0.1, 0.15) is 17.0 Å². The lowest BCUT2D eigenvalue weighted by Gasteiger charge is -2.34. The third-order valence-electron chi connectivity index (χ3n) is 6.79. The fraction of sp³-hybridized carbons (Fsp3) is 0.519. The third kappa shape index (κ3) is 7.31. The molecule has 0 aliphatic carbocycles. The van der Waals surface area contributed by atoms with Gasteiger partial charge in [-0.3, -0.25) is 4.90 Å². The minimum atomic E-state index is -4.62. The summed E-state index contributed by atoms with van der Waals surface area (Å²) in [5.41, 5.74) is 1.26. The first-order chi connectivity index (χ1) is 18.4. The molecule has 2 aromatic rings. The number of amides is 1. The van der Waals surface area contributed by atoms with Crippen LogP contribution in [0.1, 0.15) is 38.3 Å². The maximum atomic E-state index is 13.7. The molecule has 0 spiro atoms. The van der Waals surface area contributed by atoms with E-state index in [0.717, 1.165) is 55.7 Å². The van der Waals surface area contributed by atoms with E-state index in [2.05, 4.69) is 43.5 Å². The molecule has 0 saturated carbocycles. The number of benzene rings is 1. The van der Waals surface area contributed by atoms with E-state index in [1.165, 1.54) is 4.90 Å². The SMILES string of the molecule is CCc1cc(N2CCN(C)CC2)ccc1Nc1ncc(C(F)(F)F)c(NCCCN2C=CC(C)(C)OC2=O)n1. The second-order valence-corrected chi connectivity index (χ2v) is 10.3. The molecule has 0 radical (unpaired) electrons. The standard InChI is InChI=1S/C27H36F3N7O2/c1-5-19-17-20(36-15-13-35(4)14-16-36)7-8-22(19)33-24-32-18-21(27(28,29)30)23(34-24)31-10-6-11-37-12-9-26(2,3)39-25(37)38/h7-9,12,17-18H,5-6,10-11,13-16H2,1-4H3,(H2,31,32,33,34). The zero-order valence-corrected chi connectivity index (χ0v) is 22.8. The predicted octanol–water partition coefficient (Wildman–Crippen LogP) is 5.10. The number of rotatable bonds is 9. The molecule has 0 unspecified atom stereocenters. The van der Waals surface area contributed by atoms with Crippen LogP contribution in [0.25, 0.3) is 0 Å². The van der Waals surface area contributed by atoms with Gasteiger partial charge in [-0.05, 0) is 63.6 Å². The van der Waals surface area contributed by atoms with Crippen LogP contribution >= 0.6 is 0 Å². The molecule has 0 bridgehead atoms. The lowest BCUT2D eigenvalue weighted by molar-refractivity contribution is -0.137. The van der Waals surface area contributed by atoms with E-state index in [4.69, 9.17) is 4.74 Å². The van der Waals surface area contributed by atoms with Gasteiger partial charge in [-0.2, -0.15) is 18.2 Å². The quantitative estimate of drug-likeness (QED) is 0.420. The summed E-state index contributed by atoms with van der Waals surface area (Å²) in [6.07, 6.45) is 0.197. The summed E-state index contributed by atoms with van der Waals surface area (Å²) >= 11 is 0. The Labute approximate surface area is 227 Å². The highest BCUT2D eigenvalue weighted by molar-refractivity contribution is 5.71. The van der Waals surface area contributed by atoms with Gasteiger partial charge in [0.2, 0.25) is 5.95 Å². The maximum Gasteiger partial charge on any atom is 0.421 e. The van der Waals surface area contributed by atoms with Gasteiger partial charge in [-0.25, -0.2) is 9.78 Å². The summed E-state index contributed by atoms with van der Waals surface area (Å²) in [4.78, 5) is 26.2. The normalized spacial score (nSPS) is 17.8. The largest absolute Gasteiger partial charge is 0.439 e. The molecule has 2 aliphatic rings. The number of nitrogens with zero attached hydrogens (tertiary/aromatic N) is 5. The first-order valence-corrected chi connectivity index (χ1v) is 13.2. The number of piperazine rings is 1. The van der Waals surface area contributed by atoms with Gasteiger partial charge in [0, 0.05) is 63.0 Å². The number of anilines is 4. The van der Waals surface area contributed by atoms with Crippen molar-refractivity contribution in [1.82, 2.24) is 19.8 Å². The summed E-state index contributed by atoms with van der Waals surface area (Å²) in [5.74, 6) is -0.248. The fourth-order valence-corrected chi connectivity index (χ4v) is 4.43. The molecule has 3 heterocycles. The number of halogens is 3. The van der Waals surface area contributed by atoms with Crippen LogP contribution in [0.5, 0.6) is 0 Å². The highest BCUT2D eigenvalue weighted by Gasteiger charge is 2.35. The molecule has 12 heteroatoms. The van der Waals surface area contributed by atoms with Gasteiger partial charge in [0.15, 0.2) is 0 Å². The van der Waals surface area contributed by atoms with Crippen LogP contribution in [0.2, 0.25) is 0 Å². The van der Waals surface area contributed by atoms with Crippen LogP contribution in [0.15, 0.2) is 36.7 Å². The smallest absolute Gasteiger partial charge is 0.421 e. The number of hydrogen-bond acceptors (Lipinski definition) is 8. The van der Waals surface area contributed by atoms with Crippen molar-refractivity contribution in [2.45, 2.75) is 45.4 Å². The number of likely N-dealkylation sites (N-methyl/N-ethyl adjacent to an activating group) is 1. The summed E-state index contributed by atoms with van der Waals surface area (Å²) in [5, 5.41) is 5.88.